The molecule has 2 aromatic carbocycles. The van der Waals surface area contributed by atoms with Gasteiger partial charge in [0.2, 0.25) is 11.1 Å². The lowest BCUT2D eigenvalue weighted by molar-refractivity contribution is -0.118. The minimum Gasteiger partial charge on any atom is -0.328 e. The van der Waals surface area contributed by atoms with Crippen LogP contribution in [-0.2, 0) is 10.5 Å². The topological polar surface area (TPSA) is 59.8 Å². The highest BCUT2D eigenvalue weighted by Gasteiger charge is 2.41. The second kappa shape index (κ2) is 7.89. The summed E-state index contributed by atoms with van der Waals surface area (Å²) < 4.78 is 15.4. The smallest absolute Gasteiger partial charge is 0.227 e. The average Bonchev–Trinajstić information content (AvgIpc) is 3.14. The molecule has 3 aromatic rings. The lowest BCUT2D eigenvalue weighted by atomic mass is 9.73. The molecular weight excluding hydrogens is 423 g/mol. The Morgan fingerprint density at radius 3 is 2.66 bits per heavy atom. The minimum atomic E-state index is -0.411. The first-order chi connectivity index (χ1) is 15.3. The number of hydrogen-bond acceptors (Lipinski definition) is 5. The van der Waals surface area contributed by atoms with Crippen molar-refractivity contribution in [3.63, 3.8) is 0 Å². The molecule has 1 aliphatic carbocycles. The van der Waals surface area contributed by atoms with Crippen molar-refractivity contribution in [3.05, 3.63) is 82.3 Å². The standard InChI is InChI=1S/C25H25FN4OS/c1-15-6-4-5-7-17(15)14-32-24-28-23-27-19-12-25(2,3)13-20(31)21(19)22(30(23)29-24)16-8-10-18(26)11-9-16/h4-11,22H,12-14H2,1-3H3,(H,27,28,29)/t22-/m0/s1. The first-order valence-electron chi connectivity index (χ1n) is 10.7. The maximum Gasteiger partial charge on any atom is 0.227 e. The van der Waals surface area contributed by atoms with Gasteiger partial charge in [-0.15, -0.1) is 5.10 Å². The molecule has 0 fully saturated rings. The Morgan fingerprint density at radius 1 is 1.16 bits per heavy atom. The number of allylic oxidation sites excluding steroid dienone is 2. The van der Waals surface area contributed by atoms with E-state index in [1.807, 2.05) is 12.1 Å². The van der Waals surface area contributed by atoms with Gasteiger partial charge in [0.1, 0.15) is 11.9 Å². The van der Waals surface area contributed by atoms with Crippen molar-refractivity contribution in [1.29, 1.82) is 0 Å². The number of fused-ring (bicyclic) bond motifs is 1. The summed E-state index contributed by atoms with van der Waals surface area (Å²) in [6, 6.07) is 14.2. The van der Waals surface area contributed by atoms with Crippen molar-refractivity contribution in [2.24, 2.45) is 5.41 Å². The van der Waals surface area contributed by atoms with Gasteiger partial charge in [-0.05, 0) is 47.6 Å². The quantitative estimate of drug-likeness (QED) is 0.521. The molecule has 1 N–H and O–H groups in total. The zero-order valence-electron chi connectivity index (χ0n) is 18.4. The summed E-state index contributed by atoms with van der Waals surface area (Å²) in [6.07, 6.45) is 1.23. The van der Waals surface area contributed by atoms with E-state index in [1.54, 1.807) is 28.6 Å². The number of rotatable bonds is 4. The highest BCUT2D eigenvalue weighted by Crippen LogP contribution is 2.45. The van der Waals surface area contributed by atoms with E-state index in [-0.39, 0.29) is 17.0 Å². The number of aryl methyl sites for hydroxylation is 1. The van der Waals surface area contributed by atoms with Crippen LogP contribution in [0.1, 0.15) is 49.4 Å². The van der Waals surface area contributed by atoms with Gasteiger partial charge in [-0.3, -0.25) is 4.79 Å². The summed E-state index contributed by atoms with van der Waals surface area (Å²) in [5.74, 6) is 1.18. The van der Waals surface area contributed by atoms with Gasteiger partial charge in [-0.2, -0.15) is 4.98 Å². The normalized spacial score (nSPS) is 19.4. The average molecular weight is 449 g/mol. The van der Waals surface area contributed by atoms with E-state index in [1.165, 1.54) is 23.3 Å². The van der Waals surface area contributed by atoms with Crippen molar-refractivity contribution >= 4 is 23.5 Å². The molecular formula is C25H25FN4OS. The van der Waals surface area contributed by atoms with E-state index < -0.39 is 6.04 Å². The second-order valence-electron chi connectivity index (χ2n) is 9.29. The number of carbonyl (C=O) groups excluding carboxylic acids is 1. The molecule has 0 saturated carbocycles. The van der Waals surface area contributed by atoms with E-state index in [9.17, 15) is 9.18 Å². The molecule has 0 saturated heterocycles. The predicted octanol–water partition coefficient (Wildman–Crippen LogP) is 5.68. The molecule has 5 nitrogen and oxygen atoms in total. The number of Topliss-reactive ketones (excluding diaryl/α,β-unsaturated/α-hetero) is 1. The van der Waals surface area contributed by atoms with Gasteiger partial charge in [-0.25, -0.2) is 9.07 Å². The molecule has 0 radical (unpaired) electrons. The van der Waals surface area contributed by atoms with Crippen LogP contribution in [0.4, 0.5) is 10.3 Å². The number of hydrogen-bond donors (Lipinski definition) is 1. The molecule has 0 unspecified atom stereocenters. The number of ketones is 1. The molecule has 5 rings (SSSR count). The number of nitrogens with one attached hydrogen (secondary N) is 1. The van der Waals surface area contributed by atoms with Gasteiger partial charge >= 0.3 is 0 Å². The molecule has 0 amide bonds. The summed E-state index contributed by atoms with van der Waals surface area (Å²) in [6.45, 7) is 6.30. The molecule has 0 spiro atoms. The van der Waals surface area contributed by atoms with Crippen molar-refractivity contribution in [1.82, 2.24) is 14.8 Å². The largest absolute Gasteiger partial charge is 0.328 e. The predicted molar refractivity (Wildman–Crippen MR) is 124 cm³/mol. The Hall–Kier alpha value is -2.93. The molecule has 164 valence electrons. The van der Waals surface area contributed by atoms with Gasteiger partial charge in [0.05, 0.1) is 0 Å². The minimum absolute atomic E-state index is 0.105. The van der Waals surface area contributed by atoms with Crippen LogP contribution >= 0.6 is 11.8 Å². The van der Waals surface area contributed by atoms with E-state index >= 15 is 0 Å². The van der Waals surface area contributed by atoms with Gasteiger partial charge in [0.25, 0.3) is 0 Å². The Morgan fingerprint density at radius 2 is 1.91 bits per heavy atom. The van der Waals surface area contributed by atoms with Gasteiger partial charge in [0.15, 0.2) is 5.78 Å². The molecule has 1 aromatic heterocycles. The zero-order valence-corrected chi connectivity index (χ0v) is 19.2. The second-order valence-corrected chi connectivity index (χ2v) is 10.2. The molecule has 7 heteroatoms. The number of halogens is 1. The van der Waals surface area contributed by atoms with E-state index in [0.29, 0.717) is 23.1 Å². The number of anilines is 1. The fourth-order valence-electron chi connectivity index (χ4n) is 4.52. The molecule has 0 bridgehead atoms. The lowest BCUT2D eigenvalue weighted by Crippen LogP contribution is -2.36. The Balaban J connectivity index is 1.53. The van der Waals surface area contributed by atoms with Crippen LogP contribution in [0.5, 0.6) is 0 Å². The Kier molecular flexibility index (Phi) is 5.16. The van der Waals surface area contributed by atoms with Crippen molar-refractivity contribution in [2.45, 2.75) is 50.6 Å². The van der Waals surface area contributed by atoms with Gasteiger partial charge in [-0.1, -0.05) is 62.0 Å². The number of thioether (sulfide) groups is 1. The molecule has 1 atom stereocenters. The van der Waals surface area contributed by atoms with Crippen LogP contribution in [0.3, 0.4) is 0 Å². The molecule has 2 aliphatic rings. The number of aromatic nitrogens is 3. The van der Waals surface area contributed by atoms with Crippen molar-refractivity contribution in [2.75, 3.05) is 5.32 Å². The maximum atomic E-state index is 13.6. The number of benzene rings is 2. The van der Waals surface area contributed by atoms with Crippen LogP contribution < -0.4 is 5.32 Å². The summed E-state index contributed by atoms with van der Waals surface area (Å²) in [7, 11) is 0. The highest BCUT2D eigenvalue weighted by molar-refractivity contribution is 7.98. The highest BCUT2D eigenvalue weighted by atomic mass is 32.2. The number of nitrogens with zero attached hydrogens (tertiary/aromatic N) is 3. The van der Waals surface area contributed by atoms with Crippen molar-refractivity contribution in [3.8, 4) is 0 Å². The lowest BCUT2D eigenvalue weighted by Gasteiger charge is -2.38. The van der Waals surface area contributed by atoms with Crippen LogP contribution in [-0.4, -0.2) is 20.5 Å². The van der Waals surface area contributed by atoms with Crippen LogP contribution in [0.2, 0.25) is 0 Å². The van der Waals surface area contributed by atoms with Crippen LogP contribution in [0.15, 0.2) is 65.0 Å². The van der Waals surface area contributed by atoms with E-state index in [4.69, 9.17) is 10.1 Å². The van der Waals surface area contributed by atoms with E-state index in [0.717, 1.165) is 23.4 Å². The third-order valence-corrected chi connectivity index (χ3v) is 7.00. The van der Waals surface area contributed by atoms with Crippen molar-refractivity contribution < 1.29 is 9.18 Å². The summed E-state index contributed by atoms with van der Waals surface area (Å²) in [4.78, 5) is 18.0. The number of carbonyl (C=O) groups is 1. The molecule has 1 aliphatic heterocycles. The third-order valence-electron chi connectivity index (χ3n) is 6.12. The zero-order chi connectivity index (χ0) is 22.5. The molecule has 2 heterocycles. The Labute approximate surface area is 191 Å². The van der Waals surface area contributed by atoms with Gasteiger partial charge in [0, 0.05) is 23.4 Å². The Bertz CT molecular complexity index is 1230. The molecule has 32 heavy (non-hydrogen) atoms. The monoisotopic (exact) mass is 448 g/mol. The fourth-order valence-corrected chi connectivity index (χ4v) is 5.42. The van der Waals surface area contributed by atoms with E-state index in [2.05, 4.69) is 38.2 Å². The summed E-state index contributed by atoms with van der Waals surface area (Å²) in [5, 5.41) is 8.80. The van der Waals surface area contributed by atoms with Gasteiger partial charge < -0.3 is 5.32 Å². The first kappa shape index (κ1) is 20.9. The van der Waals surface area contributed by atoms with Crippen LogP contribution in [0.25, 0.3) is 0 Å². The fraction of sp³-hybridized carbons (Fsp3) is 0.320. The summed E-state index contributed by atoms with van der Waals surface area (Å²) in [5.41, 5.74) is 4.79. The summed E-state index contributed by atoms with van der Waals surface area (Å²) >= 11 is 1.57. The van der Waals surface area contributed by atoms with Crippen LogP contribution in [0, 0.1) is 18.2 Å². The first-order valence-corrected chi connectivity index (χ1v) is 11.7. The SMILES string of the molecule is Cc1ccccc1CSc1nc2n(n1)[C@@H](c1ccc(F)cc1)C1=C(CC(C)(C)CC1=O)N2. The maximum absolute atomic E-state index is 13.6. The third kappa shape index (κ3) is 3.86.